The third kappa shape index (κ3) is 1.73. The van der Waals surface area contributed by atoms with Gasteiger partial charge in [-0.15, -0.1) is 0 Å². The smallest absolute Gasteiger partial charge is 0.177 e. The first-order chi connectivity index (χ1) is 7.02. The molecule has 0 aliphatic rings. The summed E-state index contributed by atoms with van der Waals surface area (Å²) in [4.78, 5) is 7.33. The Hall–Kier alpha value is -1.40. The van der Waals surface area contributed by atoms with Crippen LogP contribution >= 0.6 is 0 Å². The molecule has 1 aromatic heterocycles. The molecule has 80 valence electrons. The monoisotopic (exact) mass is 225 g/mol. The van der Waals surface area contributed by atoms with Crippen molar-refractivity contribution < 1.29 is 8.42 Å². The number of aromatic amines is 1. The van der Waals surface area contributed by atoms with Crippen molar-refractivity contribution >= 4 is 20.9 Å². The van der Waals surface area contributed by atoms with Crippen LogP contribution in [0.15, 0.2) is 23.1 Å². The van der Waals surface area contributed by atoms with Crippen LogP contribution < -0.4 is 5.73 Å². The molecule has 15 heavy (non-hydrogen) atoms. The molecule has 0 bridgehead atoms. The van der Waals surface area contributed by atoms with Gasteiger partial charge in [-0.25, -0.2) is 13.4 Å². The summed E-state index contributed by atoms with van der Waals surface area (Å²) in [6, 6.07) is 4.99. The molecule has 0 fully saturated rings. The highest BCUT2D eigenvalue weighted by Gasteiger charge is 2.14. The number of hydrogen-bond acceptors (Lipinski definition) is 4. The lowest BCUT2D eigenvalue weighted by molar-refractivity contribution is 0.602. The summed E-state index contributed by atoms with van der Waals surface area (Å²) in [5.41, 5.74) is 6.58. The Morgan fingerprint density at radius 3 is 2.80 bits per heavy atom. The van der Waals surface area contributed by atoms with Crippen molar-refractivity contribution in [2.75, 3.05) is 6.26 Å². The number of nitrogens with two attached hydrogens (primary N) is 1. The second kappa shape index (κ2) is 3.32. The molecule has 1 aromatic carbocycles. The van der Waals surface area contributed by atoms with Crippen LogP contribution in [0.4, 0.5) is 0 Å². The largest absolute Gasteiger partial charge is 0.341 e. The second-order valence-corrected chi connectivity index (χ2v) is 5.30. The molecule has 3 N–H and O–H groups in total. The summed E-state index contributed by atoms with van der Waals surface area (Å²) in [5, 5.41) is 0. The maximum atomic E-state index is 11.5. The third-order valence-corrected chi connectivity index (χ3v) is 3.25. The van der Waals surface area contributed by atoms with Crippen LogP contribution in [0.5, 0.6) is 0 Å². The zero-order chi connectivity index (χ0) is 11.1. The van der Waals surface area contributed by atoms with Crippen LogP contribution in [0.3, 0.4) is 0 Å². The van der Waals surface area contributed by atoms with Crippen LogP contribution in [-0.4, -0.2) is 24.6 Å². The quantitative estimate of drug-likeness (QED) is 0.775. The summed E-state index contributed by atoms with van der Waals surface area (Å²) in [6.07, 6.45) is 1.17. The van der Waals surface area contributed by atoms with Crippen molar-refractivity contribution in [3.8, 4) is 0 Å². The number of fused-ring (bicyclic) bond motifs is 1. The number of hydrogen-bond donors (Lipinski definition) is 2. The van der Waals surface area contributed by atoms with Gasteiger partial charge in [-0.3, -0.25) is 0 Å². The topological polar surface area (TPSA) is 88.8 Å². The summed E-state index contributed by atoms with van der Waals surface area (Å²) in [7, 11) is -3.25. The third-order valence-electron chi connectivity index (χ3n) is 2.12. The first kappa shape index (κ1) is 10.1. The number of aromatic nitrogens is 2. The van der Waals surface area contributed by atoms with E-state index in [-0.39, 0.29) is 11.4 Å². The number of nitrogens with zero attached hydrogens (tertiary/aromatic N) is 1. The molecule has 6 heteroatoms. The lowest BCUT2D eigenvalue weighted by Crippen LogP contribution is -1.99. The predicted octanol–water partition coefficient (Wildman–Crippen LogP) is 0.425. The second-order valence-electron chi connectivity index (χ2n) is 3.31. The molecule has 0 unspecified atom stereocenters. The zero-order valence-corrected chi connectivity index (χ0v) is 9.00. The Labute approximate surface area is 87.2 Å². The van der Waals surface area contributed by atoms with Gasteiger partial charge in [0.25, 0.3) is 0 Å². The number of rotatable bonds is 2. The number of para-hydroxylation sites is 1. The first-order valence-corrected chi connectivity index (χ1v) is 6.29. The van der Waals surface area contributed by atoms with Crippen molar-refractivity contribution in [2.45, 2.75) is 11.4 Å². The Bertz CT molecular complexity index is 601. The average molecular weight is 225 g/mol. The van der Waals surface area contributed by atoms with Crippen molar-refractivity contribution in [3.05, 3.63) is 24.0 Å². The van der Waals surface area contributed by atoms with Gasteiger partial charge in [0.15, 0.2) is 9.84 Å². The van der Waals surface area contributed by atoms with E-state index >= 15 is 0 Å². The Kier molecular flexibility index (Phi) is 2.24. The van der Waals surface area contributed by atoms with Gasteiger partial charge in [0, 0.05) is 6.26 Å². The van der Waals surface area contributed by atoms with Gasteiger partial charge in [-0.2, -0.15) is 0 Å². The molecule has 0 amide bonds. The van der Waals surface area contributed by atoms with Crippen molar-refractivity contribution in [1.82, 2.24) is 9.97 Å². The van der Waals surface area contributed by atoms with E-state index in [0.717, 1.165) is 0 Å². The van der Waals surface area contributed by atoms with Gasteiger partial charge in [0.2, 0.25) is 0 Å². The van der Waals surface area contributed by atoms with E-state index in [1.807, 2.05) is 0 Å². The van der Waals surface area contributed by atoms with Crippen molar-refractivity contribution in [3.63, 3.8) is 0 Å². The van der Waals surface area contributed by atoms with E-state index in [1.54, 1.807) is 18.2 Å². The minimum absolute atomic E-state index is 0.232. The molecule has 0 atom stereocenters. The number of sulfone groups is 1. The van der Waals surface area contributed by atoms with E-state index < -0.39 is 9.84 Å². The molecule has 0 saturated heterocycles. The Morgan fingerprint density at radius 1 is 1.47 bits per heavy atom. The van der Waals surface area contributed by atoms with Crippen molar-refractivity contribution in [2.24, 2.45) is 5.73 Å². The van der Waals surface area contributed by atoms with Gasteiger partial charge in [-0.05, 0) is 12.1 Å². The summed E-state index contributed by atoms with van der Waals surface area (Å²) in [5.74, 6) is 0.584. The molecule has 0 aliphatic carbocycles. The van der Waals surface area contributed by atoms with Gasteiger partial charge in [-0.1, -0.05) is 6.07 Å². The highest BCUT2D eigenvalue weighted by Crippen LogP contribution is 2.20. The van der Waals surface area contributed by atoms with Gasteiger partial charge in [0.05, 0.1) is 17.0 Å². The van der Waals surface area contributed by atoms with E-state index in [2.05, 4.69) is 9.97 Å². The van der Waals surface area contributed by atoms with Crippen LogP contribution in [0.1, 0.15) is 5.82 Å². The molecule has 0 saturated carbocycles. The highest BCUT2D eigenvalue weighted by molar-refractivity contribution is 7.91. The number of H-pyrrole nitrogens is 1. The fraction of sp³-hybridized carbons (Fsp3) is 0.222. The van der Waals surface area contributed by atoms with Crippen LogP contribution in [0, 0.1) is 0 Å². The minimum atomic E-state index is -3.25. The number of nitrogens with one attached hydrogen (secondary N) is 1. The van der Waals surface area contributed by atoms with Crippen LogP contribution in [0.2, 0.25) is 0 Å². The Morgan fingerprint density at radius 2 is 2.20 bits per heavy atom. The lowest BCUT2D eigenvalue weighted by Gasteiger charge is -1.97. The predicted molar refractivity (Wildman–Crippen MR) is 57.1 cm³/mol. The molecule has 2 aromatic rings. The van der Waals surface area contributed by atoms with Gasteiger partial charge >= 0.3 is 0 Å². The SMILES string of the molecule is CS(=O)(=O)c1cccc2[nH]c(CN)nc12. The van der Waals surface area contributed by atoms with E-state index in [0.29, 0.717) is 16.9 Å². The average Bonchev–Trinajstić information content (AvgIpc) is 2.57. The summed E-state index contributed by atoms with van der Waals surface area (Å²) >= 11 is 0. The summed E-state index contributed by atoms with van der Waals surface area (Å²) in [6.45, 7) is 0.262. The molecule has 0 spiro atoms. The van der Waals surface area contributed by atoms with Crippen molar-refractivity contribution in [1.29, 1.82) is 0 Å². The molecule has 0 radical (unpaired) electrons. The van der Waals surface area contributed by atoms with E-state index in [1.165, 1.54) is 6.26 Å². The highest BCUT2D eigenvalue weighted by atomic mass is 32.2. The van der Waals surface area contributed by atoms with E-state index in [4.69, 9.17) is 5.73 Å². The summed E-state index contributed by atoms with van der Waals surface area (Å²) < 4.78 is 22.9. The fourth-order valence-corrected chi connectivity index (χ4v) is 2.29. The minimum Gasteiger partial charge on any atom is -0.341 e. The maximum absolute atomic E-state index is 11.5. The Balaban J connectivity index is 2.81. The van der Waals surface area contributed by atoms with Crippen LogP contribution in [0.25, 0.3) is 11.0 Å². The standard InChI is InChI=1S/C9H11N3O2S/c1-15(13,14)7-4-2-3-6-9(7)12-8(5-10)11-6/h2-4H,5,10H2,1H3,(H,11,12). The first-order valence-electron chi connectivity index (χ1n) is 4.40. The molecular formula is C9H11N3O2S. The molecule has 5 nitrogen and oxygen atoms in total. The van der Waals surface area contributed by atoms with E-state index in [9.17, 15) is 8.42 Å². The number of imidazole rings is 1. The number of benzene rings is 1. The van der Waals surface area contributed by atoms with Gasteiger partial charge in [0.1, 0.15) is 11.3 Å². The molecule has 1 heterocycles. The van der Waals surface area contributed by atoms with Gasteiger partial charge < -0.3 is 10.7 Å². The molecule has 0 aliphatic heterocycles. The molecule has 2 rings (SSSR count). The lowest BCUT2D eigenvalue weighted by atomic mass is 10.3. The zero-order valence-electron chi connectivity index (χ0n) is 8.19. The normalized spacial score (nSPS) is 12.1. The molecular weight excluding hydrogens is 214 g/mol. The maximum Gasteiger partial charge on any atom is 0.177 e. The van der Waals surface area contributed by atoms with Crippen LogP contribution in [-0.2, 0) is 16.4 Å². The fourth-order valence-electron chi connectivity index (χ4n) is 1.45.